The normalized spacial score (nSPS) is 10.8. The maximum absolute atomic E-state index is 12.8. The molecule has 0 saturated carbocycles. The molecule has 3 aromatic rings. The van der Waals surface area contributed by atoms with Gasteiger partial charge in [0.2, 0.25) is 0 Å². The number of esters is 3. The van der Waals surface area contributed by atoms with Crippen molar-refractivity contribution in [1.29, 1.82) is 0 Å². The van der Waals surface area contributed by atoms with Crippen molar-refractivity contribution in [3.63, 3.8) is 0 Å². The van der Waals surface area contributed by atoms with E-state index in [0.29, 0.717) is 19.4 Å². The van der Waals surface area contributed by atoms with Gasteiger partial charge in [-0.15, -0.1) is 0 Å². The molecule has 0 atom stereocenters. The zero-order chi connectivity index (χ0) is 29.0. The number of carbonyl (C=O) groups is 3. The van der Waals surface area contributed by atoms with Crippen LogP contribution in [0.1, 0.15) is 80.9 Å². The smallest absolute Gasteiger partial charge is 0.320 e. The quantitative estimate of drug-likeness (QED) is 0.0648. The van der Waals surface area contributed by atoms with Gasteiger partial charge in [-0.1, -0.05) is 136 Å². The third-order valence-electron chi connectivity index (χ3n) is 6.88. The highest BCUT2D eigenvalue weighted by Gasteiger charge is 2.29. The maximum Gasteiger partial charge on any atom is 0.320 e. The van der Waals surface area contributed by atoms with Gasteiger partial charge in [-0.05, 0) is 29.5 Å². The van der Waals surface area contributed by atoms with Gasteiger partial charge in [-0.25, -0.2) is 0 Å². The average Bonchev–Trinajstić information content (AvgIpc) is 3.02. The number of carbonyl (C=O) groups excluding carboxylic acids is 3. The van der Waals surface area contributed by atoms with E-state index in [-0.39, 0.29) is 19.2 Å². The van der Waals surface area contributed by atoms with Gasteiger partial charge in [-0.2, -0.15) is 0 Å². The highest BCUT2D eigenvalue weighted by atomic mass is 16.6. The van der Waals surface area contributed by atoms with E-state index in [0.717, 1.165) is 68.1 Å². The Labute approximate surface area is 244 Å². The van der Waals surface area contributed by atoms with Gasteiger partial charge in [0.15, 0.2) is 5.92 Å². The van der Waals surface area contributed by atoms with E-state index in [4.69, 9.17) is 14.2 Å². The van der Waals surface area contributed by atoms with Crippen LogP contribution in [0.25, 0.3) is 0 Å². The first-order valence-electron chi connectivity index (χ1n) is 14.7. The molecule has 0 spiro atoms. The molecule has 0 aliphatic carbocycles. The lowest BCUT2D eigenvalue weighted by atomic mass is 10.00. The fourth-order valence-corrected chi connectivity index (χ4v) is 4.48. The van der Waals surface area contributed by atoms with Crippen LogP contribution in [0.2, 0.25) is 0 Å². The van der Waals surface area contributed by atoms with E-state index in [1.54, 1.807) is 0 Å². The fourth-order valence-electron chi connectivity index (χ4n) is 4.48. The molecule has 218 valence electrons. The van der Waals surface area contributed by atoms with Crippen LogP contribution < -0.4 is 0 Å². The molecule has 41 heavy (non-hydrogen) atoms. The number of ether oxygens (including phenoxy) is 3. The van der Waals surface area contributed by atoms with Gasteiger partial charge in [0.05, 0.1) is 0 Å². The van der Waals surface area contributed by atoms with Crippen molar-refractivity contribution in [3.05, 3.63) is 108 Å². The standard InChI is InChI=1S/C35H42O6/c36-33(39-26-29-18-10-7-11-19-29)25-17-6-4-2-1-3-5-16-24-32(34(37)40-27-30-20-12-8-13-21-30)35(38)41-28-31-22-14-9-15-23-31/h7-15,18-23,32H,1-6,16-17,24-28H2. The summed E-state index contributed by atoms with van der Waals surface area (Å²) in [6.07, 6.45) is 8.67. The molecule has 0 aliphatic rings. The molecule has 0 amide bonds. The van der Waals surface area contributed by atoms with E-state index in [1.807, 2.05) is 91.0 Å². The minimum absolute atomic E-state index is 0.132. The summed E-state index contributed by atoms with van der Waals surface area (Å²) in [6.45, 7) is 0.593. The van der Waals surface area contributed by atoms with Crippen molar-refractivity contribution in [2.24, 2.45) is 5.92 Å². The van der Waals surface area contributed by atoms with Crippen LogP contribution in [0.5, 0.6) is 0 Å². The lowest BCUT2D eigenvalue weighted by Crippen LogP contribution is -2.28. The van der Waals surface area contributed by atoms with Gasteiger partial charge in [-0.3, -0.25) is 14.4 Å². The number of rotatable bonds is 19. The van der Waals surface area contributed by atoms with Crippen LogP contribution in [0.3, 0.4) is 0 Å². The highest BCUT2D eigenvalue weighted by molar-refractivity contribution is 5.94. The molecule has 0 aromatic heterocycles. The van der Waals surface area contributed by atoms with Crippen molar-refractivity contribution >= 4 is 17.9 Å². The summed E-state index contributed by atoms with van der Waals surface area (Å²) in [5.74, 6) is -2.14. The summed E-state index contributed by atoms with van der Waals surface area (Å²) in [4.78, 5) is 37.6. The van der Waals surface area contributed by atoms with E-state index in [9.17, 15) is 14.4 Å². The van der Waals surface area contributed by atoms with Gasteiger partial charge in [0.25, 0.3) is 0 Å². The second kappa shape index (κ2) is 19.2. The molecule has 0 N–H and O–H groups in total. The summed E-state index contributed by atoms with van der Waals surface area (Å²) in [6, 6.07) is 28.6. The van der Waals surface area contributed by atoms with Gasteiger partial charge in [0, 0.05) is 6.42 Å². The first-order valence-corrected chi connectivity index (χ1v) is 14.7. The van der Waals surface area contributed by atoms with Crippen LogP contribution in [0.15, 0.2) is 91.0 Å². The highest BCUT2D eigenvalue weighted by Crippen LogP contribution is 2.18. The molecule has 0 aliphatic heterocycles. The number of unbranched alkanes of at least 4 members (excludes halogenated alkanes) is 7. The van der Waals surface area contributed by atoms with E-state index in [2.05, 4.69) is 0 Å². The van der Waals surface area contributed by atoms with E-state index in [1.165, 1.54) is 0 Å². The molecular formula is C35H42O6. The van der Waals surface area contributed by atoms with Crippen LogP contribution in [-0.4, -0.2) is 17.9 Å². The molecule has 0 unspecified atom stereocenters. The van der Waals surface area contributed by atoms with E-state index >= 15 is 0 Å². The number of hydrogen-bond acceptors (Lipinski definition) is 6. The topological polar surface area (TPSA) is 78.9 Å². The molecular weight excluding hydrogens is 516 g/mol. The summed E-state index contributed by atoms with van der Waals surface area (Å²) < 4.78 is 16.3. The largest absolute Gasteiger partial charge is 0.461 e. The Hall–Kier alpha value is -3.93. The summed E-state index contributed by atoms with van der Waals surface area (Å²) in [5.41, 5.74) is 2.75. The Morgan fingerprint density at radius 1 is 0.463 bits per heavy atom. The van der Waals surface area contributed by atoms with Gasteiger partial charge < -0.3 is 14.2 Å². The first kappa shape index (κ1) is 31.6. The van der Waals surface area contributed by atoms with Crippen molar-refractivity contribution in [2.45, 2.75) is 84.0 Å². The van der Waals surface area contributed by atoms with Crippen LogP contribution >= 0.6 is 0 Å². The van der Waals surface area contributed by atoms with Gasteiger partial charge >= 0.3 is 17.9 Å². The third-order valence-corrected chi connectivity index (χ3v) is 6.88. The predicted molar refractivity (Wildman–Crippen MR) is 158 cm³/mol. The molecule has 6 heteroatoms. The Morgan fingerprint density at radius 3 is 1.27 bits per heavy atom. The summed E-state index contributed by atoms with van der Waals surface area (Å²) >= 11 is 0. The SMILES string of the molecule is O=C(CCCCCCCCCCC(C(=O)OCc1ccccc1)C(=O)OCc1ccccc1)OCc1ccccc1. The third kappa shape index (κ3) is 13.3. The first-order chi connectivity index (χ1) is 20.1. The van der Waals surface area contributed by atoms with E-state index < -0.39 is 17.9 Å². The molecule has 0 saturated heterocycles. The second-order valence-corrected chi connectivity index (χ2v) is 10.3. The minimum Gasteiger partial charge on any atom is -0.461 e. The zero-order valence-corrected chi connectivity index (χ0v) is 23.9. The molecule has 0 radical (unpaired) electrons. The number of benzene rings is 3. The monoisotopic (exact) mass is 558 g/mol. The molecule has 0 heterocycles. The van der Waals surface area contributed by atoms with Crippen LogP contribution in [0.4, 0.5) is 0 Å². The zero-order valence-electron chi connectivity index (χ0n) is 23.9. The summed E-state index contributed by atoms with van der Waals surface area (Å²) in [5, 5.41) is 0. The van der Waals surface area contributed by atoms with Crippen molar-refractivity contribution in [1.82, 2.24) is 0 Å². The van der Waals surface area contributed by atoms with Crippen molar-refractivity contribution in [2.75, 3.05) is 0 Å². The average molecular weight is 559 g/mol. The van der Waals surface area contributed by atoms with Gasteiger partial charge in [0.1, 0.15) is 19.8 Å². The predicted octanol–water partition coefficient (Wildman–Crippen LogP) is 7.73. The molecule has 0 fully saturated rings. The fraction of sp³-hybridized carbons (Fsp3) is 0.400. The second-order valence-electron chi connectivity index (χ2n) is 10.3. The molecule has 3 rings (SSSR count). The summed E-state index contributed by atoms with van der Waals surface area (Å²) in [7, 11) is 0. The van der Waals surface area contributed by atoms with Crippen molar-refractivity contribution in [3.8, 4) is 0 Å². The Morgan fingerprint density at radius 2 is 0.829 bits per heavy atom. The minimum atomic E-state index is -0.927. The molecule has 3 aromatic carbocycles. The van der Waals surface area contributed by atoms with Crippen LogP contribution in [0, 0.1) is 5.92 Å². The lowest BCUT2D eigenvalue weighted by Gasteiger charge is -2.16. The molecule has 0 bridgehead atoms. The van der Waals surface area contributed by atoms with Crippen LogP contribution in [-0.2, 0) is 48.4 Å². The Bertz CT molecular complexity index is 1090. The lowest BCUT2D eigenvalue weighted by molar-refractivity contribution is -0.164. The number of hydrogen-bond donors (Lipinski definition) is 0. The maximum atomic E-state index is 12.8. The Balaban J connectivity index is 1.29. The Kier molecular flexibility index (Phi) is 14.8. The van der Waals surface area contributed by atoms with Crippen molar-refractivity contribution < 1.29 is 28.6 Å². The molecule has 6 nitrogen and oxygen atoms in total.